The van der Waals surface area contributed by atoms with Gasteiger partial charge in [0.1, 0.15) is 17.1 Å². The van der Waals surface area contributed by atoms with E-state index in [-0.39, 0.29) is 74.9 Å². The van der Waals surface area contributed by atoms with Crippen LogP contribution in [0.1, 0.15) is 19.3 Å². The van der Waals surface area contributed by atoms with E-state index in [4.69, 9.17) is 37.4 Å². The molecule has 1 aliphatic carbocycles. The monoisotopic (exact) mass is 633 g/mol. The number of pyridine rings is 1. The molecule has 2 unspecified atom stereocenters. The zero-order valence-corrected chi connectivity index (χ0v) is 25.2. The van der Waals surface area contributed by atoms with E-state index in [1.54, 1.807) is 6.07 Å². The van der Waals surface area contributed by atoms with Crippen LogP contribution in [0.15, 0.2) is 35.8 Å². The number of aliphatic hydroxyl groups is 2. The van der Waals surface area contributed by atoms with Crippen LogP contribution in [0.2, 0.25) is 10.0 Å². The van der Waals surface area contributed by atoms with Gasteiger partial charge in [-0.1, -0.05) is 36.2 Å². The molecule has 43 heavy (non-hydrogen) atoms. The number of hydrogen-bond donors (Lipinski definition) is 4. The highest BCUT2D eigenvalue weighted by atomic mass is 35.5. The maximum atomic E-state index is 14.0. The van der Waals surface area contributed by atoms with Gasteiger partial charge in [-0.25, -0.2) is 4.98 Å². The Labute approximate surface area is 257 Å². The van der Waals surface area contributed by atoms with Crippen molar-refractivity contribution in [2.75, 3.05) is 32.8 Å². The molecule has 1 saturated carbocycles. The van der Waals surface area contributed by atoms with Crippen molar-refractivity contribution in [3.05, 3.63) is 51.4 Å². The van der Waals surface area contributed by atoms with Crippen LogP contribution < -0.4 is 25.7 Å². The first-order valence-electron chi connectivity index (χ1n) is 13.8. The van der Waals surface area contributed by atoms with E-state index in [2.05, 4.69) is 27.2 Å². The number of amides is 1. The predicted octanol–water partition coefficient (Wildman–Crippen LogP) is 2.79. The average Bonchev–Trinajstić information content (AvgIpc) is 3.34. The Hall–Kier alpha value is -3.42. The van der Waals surface area contributed by atoms with E-state index >= 15 is 0 Å². The number of carbonyl (C=O) groups is 1. The molecule has 4 atom stereocenters. The molecule has 0 radical (unpaired) electrons. The highest BCUT2D eigenvalue weighted by Gasteiger charge is 2.44. The summed E-state index contributed by atoms with van der Waals surface area (Å²) in [4.78, 5) is 35.3. The van der Waals surface area contributed by atoms with E-state index in [9.17, 15) is 19.8 Å². The fourth-order valence-electron chi connectivity index (χ4n) is 5.52. The lowest BCUT2D eigenvalue weighted by molar-refractivity contribution is -0.117. The lowest BCUT2D eigenvalue weighted by Crippen LogP contribution is -2.50. The van der Waals surface area contributed by atoms with Crippen molar-refractivity contribution in [3.8, 4) is 22.6 Å². The Bertz CT molecular complexity index is 1570. The molecule has 0 spiro atoms. The average molecular weight is 635 g/mol. The number of nitrogens with one attached hydrogen (secondary N) is 2. The van der Waals surface area contributed by atoms with Gasteiger partial charge in [0.2, 0.25) is 11.9 Å². The van der Waals surface area contributed by atoms with Crippen LogP contribution >= 0.6 is 23.2 Å². The SMILES string of the molecule is C=CC(=O)N[C@H]1COC(C2CCC2)[C@H]1Nc1ncc2cc(-c3c(Cl)c(OC)cc(OC)c3Cl)c(=O)n(CC(O)CO)c2n1. The second-order valence-corrected chi connectivity index (χ2v) is 11.3. The van der Waals surface area contributed by atoms with Crippen molar-refractivity contribution in [1.29, 1.82) is 0 Å². The number of fused-ring (bicyclic) bond motifs is 1. The summed E-state index contributed by atoms with van der Waals surface area (Å²) < 4.78 is 18.1. The van der Waals surface area contributed by atoms with Gasteiger partial charge in [0, 0.05) is 23.2 Å². The number of carbonyl (C=O) groups excluding carboxylic acids is 1. The maximum absolute atomic E-state index is 14.0. The molecule has 1 saturated heterocycles. The van der Waals surface area contributed by atoms with Crippen LogP contribution in [0.25, 0.3) is 22.2 Å². The highest BCUT2D eigenvalue weighted by molar-refractivity contribution is 6.41. The van der Waals surface area contributed by atoms with E-state index < -0.39 is 18.3 Å². The Morgan fingerprint density at radius 1 is 1.26 bits per heavy atom. The van der Waals surface area contributed by atoms with Crippen LogP contribution in [0.3, 0.4) is 0 Å². The minimum Gasteiger partial charge on any atom is -0.495 e. The molecule has 1 aromatic carbocycles. The molecule has 3 aromatic rings. The van der Waals surface area contributed by atoms with E-state index in [0.29, 0.717) is 17.9 Å². The smallest absolute Gasteiger partial charge is 0.260 e. The van der Waals surface area contributed by atoms with Crippen LogP contribution in [0.4, 0.5) is 5.95 Å². The summed E-state index contributed by atoms with van der Waals surface area (Å²) in [5, 5.41) is 26.8. The van der Waals surface area contributed by atoms with E-state index in [1.165, 1.54) is 37.1 Å². The predicted molar refractivity (Wildman–Crippen MR) is 162 cm³/mol. The Morgan fingerprint density at radius 2 is 1.95 bits per heavy atom. The van der Waals surface area contributed by atoms with Crippen molar-refractivity contribution >= 4 is 46.1 Å². The molecule has 5 rings (SSSR count). The summed E-state index contributed by atoms with van der Waals surface area (Å²) in [7, 11) is 2.85. The van der Waals surface area contributed by atoms with Gasteiger partial charge in [-0.15, -0.1) is 0 Å². The molecule has 230 valence electrons. The molecule has 14 heteroatoms. The van der Waals surface area contributed by atoms with Gasteiger partial charge >= 0.3 is 0 Å². The number of aliphatic hydroxyl groups excluding tert-OH is 2. The Kier molecular flexibility index (Phi) is 9.42. The van der Waals surface area contributed by atoms with Crippen molar-refractivity contribution in [2.45, 2.75) is 50.1 Å². The van der Waals surface area contributed by atoms with Crippen LogP contribution in [0, 0.1) is 5.92 Å². The second-order valence-electron chi connectivity index (χ2n) is 10.5. The Balaban J connectivity index is 1.62. The molecule has 2 fully saturated rings. The zero-order chi connectivity index (χ0) is 30.8. The van der Waals surface area contributed by atoms with Crippen molar-refractivity contribution in [2.24, 2.45) is 5.92 Å². The molecule has 3 heterocycles. The van der Waals surface area contributed by atoms with E-state index in [1.807, 2.05) is 0 Å². The first-order chi connectivity index (χ1) is 20.7. The van der Waals surface area contributed by atoms with Gasteiger partial charge in [-0.05, 0) is 30.9 Å². The molecule has 1 aliphatic heterocycles. The molecular weight excluding hydrogens is 601 g/mol. The summed E-state index contributed by atoms with van der Waals surface area (Å²) in [6.45, 7) is 2.99. The van der Waals surface area contributed by atoms with Crippen LogP contribution in [-0.4, -0.2) is 82.4 Å². The van der Waals surface area contributed by atoms with Gasteiger partial charge in [0.05, 0.1) is 73.9 Å². The highest BCUT2D eigenvalue weighted by Crippen LogP contribution is 2.45. The summed E-state index contributed by atoms with van der Waals surface area (Å²) >= 11 is 13.3. The topological polar surface area (TPSA) is 157 Å². The normalized spacial score (nSPS) is 20.8. The third-order valence-corrected chi connectivity index (χ3v) is 8.70. The third kappa shape index (κ3) is 6.02. The van der Waals surface area contributed by atoms with Crippen LogP contribution in [-0.2, 0) is 16.1 Å². The number of methoxy groups -OCH3 is 2. The number of hydrogen-bond acceptors (Lipinski definition) is 10. The van der Waals surface area contributed by atoms with Gasteiger partial charge in [0.15, 0.2) is 0 Å². The molecule has 2 aromatic heterocycles. The van der Waals surface area contributed by atoms with Crippen molar-refractivity contribution in [1.82, 2.24) is 19.9 Å². The molecule has 12 nitrogen and oxygen atoms in total. The first-order valence-corrected chi connectivity index (χ1v) is 14.6. The third-order valence-electron chi connectivity index (χ3n) is 7.95. The number of anilines is 1. The molecular formula is C29H33Cl2N5O7. The number of benzene rings is 1. The minimum absolute atomic E-state index is 0.0918. The molecule has 1 amide bonds. The molecule has 4 N–H and O–H groups in total. The second kappa shape index (κ2) is 13.1. The standard InChI is InChI=1S/C29H33Cl2N5O7/c1-4-21(39)33-18-13-43-26(14-6-5-7-14)25(18)34-29-32-10-15-8-17(28(40)36(27(15)35-29)11-16(38)12-37)22-23(30)19(41-2)9-20(42-3)24(22)31/h4,8-10,14,16,18,25-26,37-38H,1,5-7,11-13H2,2-3H3,(H,33,39)(H,32,34,35)/t16?,18-,25-,26?/m0/s1. The lowest BCUT2D eigenvalue weighted by atomic mass is 9.78. The fourth-order valence-corrected chi connectivity index (χ4v) is 6.23. The maximum Gasteiger partial charge on any atom is 0.260 e. The summed E-state index contributed by atoms with van der Waals surface area (Å²) in [5.41, 5.74) is -0.105. The fraction of sp³-hybridized carbons (Fsp3) is 0.448. The quantitative estimate of drug-likeness (QED) is 0.231. The first kappa shape index (κ1) is 31.0. The number of ether oxygens (including phenoxy) is 3. The lowest BCUT2D eigenvalue weighted by Gasteiger charge is -2.35. The van der Waals surface area contributed by atoms with Gasteiger partial charge < -0.3 is 35.1 Å². The largest absolute Gasteiger partial charge is 0.495 e. The minimum atomic E-state index is -1.27. The van der Waals surface area contributed by atoms with Gasteiger partial charge in [-0.3, -0.25) is 14.2 Å². The van der Waals surface area contributed by atoms with Crippen molar-refractivity contribution in [3.63, 3.8) is 0 Å². The Morgan fingerprint density at radius 3 is 2.53 bits per heavy atom. The number of nitrogens with zero attached hydrogens (tertiary/aromatic N) is 3. The number of rotatable bonds is 11. The van der Waals surface area contributed by atoms with Crippen molar-refractivity contribution < 1.29 is 29.2 Å². The molecule has 0 bridgehead atoms. The van der Waals surface area contributed by atoms with E-state index in [0.717, 1.165) is 19.3 Å². The number of halogens is 2. The number of aromatic nitrogens is 3. The van der Waals surface area contributed by atoms with Gasteiger partial charge in [-0.2, -0.15) is 4.98 Å². The van der Waals surface area contributed by atoms with Crippen LogP contribution in [0.5, 0.6) is 11.5 Å². The summed E-state index contributed by atoms with van der Waals surface area (Å²) in [6.07, 6.45) is 4.45. The zero-order valence-electron chi connectivity index (χ0n) is 23.7. The summed E-state index contributed by atoms with van der Waals surface area (Å²) in [6, 6.07) is 2.37. The molecule has 2 aliphatic rings. The summed E-state index contributed by atoms with van der Waals surface area (Å²) in [5.74, 6) is 0.697. The van der Waals surface area contributed by atoms with Gasteiger partial charge in [0.25, 0.3) is 5.56 Å².